The Morgan fingerprint density at radius 3 is 2.21 bits per heavy atom. The Balaban J connectivity index is 3.26. The lowest BCUT2D eigenvalue weighted by atomic mass is 10.3. The lowest BCUT2D eigenvalue weighted by molar-refractivity contribution is -0.384. The summed E-state index contributed by atoms with van der Waals surface area (Å²) in [4.78, 5) is 36.8. The van der Waals surface area contributed by atoms with E-state index in [0.29, 0.717) is 0 Å². The first-order valence-electron chi connectivity index (χ1n) is 5.03. The average Bonchev–Trinajstić information content (AvgIpc) is 2.26. The molecule has 1 aromatic rings. The molecule has 1 heterocycles. The van der Waals surface area contributed by atoms with E-state index >= 15 is 0 Å². The van der Waals surface area contributed by atoms with Crippen LogP contribution in [0, 0.1) is 10.1 Å². The van der Waals surface area contributed by atoms with E-state index in [4.69, 9.17) is 17.2 Å². The molecule has 0 saturated heterocycles. The molecule has 19 heavy (non-hydrogen) atoms. The number of nitro groups is 1. The molecule has 0 aromatic carbocycles. The van der Waals surface area contributed by atoms with Crippen molar-refractivity contribution in [1.82, 2.24) is 4.98 Å². The van der Waals surface area contributed by atoms with Crippen molar-refractivity contribution in [2.45, 2.75) is 0 Å². The second-order valence-corrected chi connectivity index (χ2v) is 3.62. The number of hydrogen-bond acceptors (Lipinski definition) is 7. The topological polar surface area (TPSA) is 171 Å². The lowest BCUT2D eigenvalue weighted by Gasteiger charge is -2.20. The summed E-state index contributed by atoms with van der Waals surface area (Å²) in [5.74, 6) is -1.82. The van der Waals surface area contributed by atoms with Crippen LogP contribution in [-0.2, 0) is 9.59 Å². The predicted molar refractivity (Wildman–Crippen MR) is 65.9 cm³/mol. The highest BCUT2D eigenvalue weighted by molar-refractivity contribution is 5.85. The molecular weight excluding hydrogens is 256 g/mol. The van der Waals surface area contributed by atoms with Crippen molar-refractivity contribution < 1.29 is 14.5 Å². The molecule has 10 heteroatoms. The third-order valence-electron chi connectivity index (χ3n) is 2.07. The highest BCUT2D eigenvalue weighted by atomic mass is 16.6. The van der Waals surface area contributed by atoms with Gasteiger partial charge in [0.05, 0.1) is 18.0 Å². The van der Waals surface area contributed by atoms with E-state index in [9.17, 15) is 19.7 Å². The van der Waals surface area contributed by atoms with E-state index in [1.165, 1.54) is 6.07 Å². The SMILES string of the molecule is NC(=O)CN(CC(N)=O)c1nc(N)ccc1[N+](=O)[O-]. The maximum Gasteiger partial charge on any atom is 0.311 e. The standard InChI is InChI=1S/C9H12N6O4/c10-6-2-1-5(15(18)19)9(13-6)14(3-7(11)16)4-8(12)17/h1-2H,3-4H2,(H2,10,13)(H2,11,16)(H2,12,17). The third kappa shape index (κ3) is 3.80. The zero-order valence-corrected chi connectivity index (χ0v) is 9.78. The first-order chi connectivity index (χ1) is 8.81. The van der Waals surface area contributed by atoms with Crippen LogP contribution in [0.2, 0.25) is 0 Å². The molecule has 0 aliphatic rings. The van der Waals surface area contributed by atoms with Crippen molar-refractivity contribution in [2.75, 3.05) is 23.7 Å². The van der Waals surface area contributed by atoms with Crippen LogP contribution in [0.1, 0.15) is 0 Å². The number of carbonyl (C=O) groups is 2. The van der Waals surface area contributed by atoms with Crippen LogP contribution in [-0.4, -0.2) is 34.8 Å². The predicted octanol–water partition coefficient (Wildman–Crippen LogP) is -1.65. The number of anilines is 2. The van der Waals surface area contributed by atoms with E-state index in [1.54, 1.807) is 0 Å². The number of rotatable bonds is 6. The molecule has 0 radical (unpaired) electrons. The number of nitrogen functional groups attached to an aromatic ring is 1. The van der Waals surface area contributed by atoms with E-state index in [0.717, 1.165) is 11.0 Å². The number of aromatic nitrogens is 1. The zero-order valence-electron chi connectivity index (χ0n) is 9.78. The highest BCUT2D eigenvalue weighted by Gasteiger charge is 2.24. The Labute approximate surface area is 107 Å². The van der Waals surface area contributed by atoms with Crippen molar-refractivity contribution >= 4 is 29.1 Å². The molecule has 102 valence electrons. The normalized spacial score (nSPS) is 9.89. The third-order valence-corrected chi connectivity index (χ3v) is 2.07. The minimum absolute atomic E-state index is 0.000425. The van der Waals surface area contributed by atoms with Gasteiger partial charge < -0.3 is 22.1 Å². The largest absolute Gasteiger partial charge is 0.384 e. The summed E-state index contributed by atoms with van der Waals surface area (Å²) >= 11 is 0. The van der Waals surface area contributed by atoms with Gasteiger partial charge in [-0.2, -0.15) is 0 Å². The fourth-order valence-electron chi connectivity index (χ4n) is 1.41. The zero-order chi connectivity index (χ0) is 14.6. The number of primary amides is 2. The Morgan fingerprint density at radius 2 is 1.79 bits per heavy atom. The smallest absolute Gasteiger partial charge is 0.311 e. The van der Waals surface area contributed by atoms with Crippen molar-refractivity contribution in [3.8, 4) is 0 Å². The summed E-state index contributed by atoms with van der Waals surface area (Å²) in [5, 5.41) is 10.9. The second-order valence-electron chi connectivity index (χ2n) is 3.62. The molecule has 0 aliphatic heterocycles. The quantitative estimate of drug-likeness (QED) is 0.409. The summed E-state index contributed by atoms with van der Waals surface area (Å²) in [6, 6.07) is 2.35. The van der Waals surface area contributed by atoms with Gasteiger partial charge in [0.1, 0.15) is 5.82 Å². The van der Waals surface area contributed by atoms with Crippen LogP contribution in [0.4, 0.5) is 17.3 Å². The Kier molecular flexibility index (Phi) is 4.19. The molecule has 1 aromatic heterocycles. The molecule has 0 atom stereocenters. The molecular formula is C9H12N6O4. The molecule has 2 amide bonds. The fourth-order valence-corrected chi connectivity index (χ4v) is 1.41. The van der Waals surface area contributed by atoms with Crippen LogP contribution in [0.3, 0.4) is 0 Å². The summed E-state index contributed by atoms with van der Waals surface area (Å²) < 4.78 is 0. The maximum absolute atomic E-state index is 10.9. The van der Waals surface area contributed by atoms with Crippen LogP contribution in [0.15, 0.2) is 12.1 Å². The summed E-state index contributed by atoms with van der Waals surface area (Å²) in [6.45, 7) is -0.888. The van der Waals surface area contributed by atoms with Crippen LogP contribution in [0.25, 0.3) is 0 Å². The molecule has 0 spiro atoms. The molecule has 0 saturated carbocycles. The first kappa shape index (κ1) is 14.2. The molecule has 1 rings (SSSR count). The molecule has 0 aliphatic carbocycles. The van der Waals surface area contributed by atoms with Crippen LogP contribution < -0.4 is 22.1 Å². The van der Waals surface area contributed by atoms with Crippen molar-refractivity contribution in [1.29, 1.82) is 0 Å². The van der Waals surface area contributed by atoms with Gasteiger partial charge in [0.25, 0.3) is 0 Å². The summed E-state index contributed by atoms with van der Waals surface area (Å²) in [5.41, 5.74) is 15.0. The van der Waals surface area contributed by atoms with E-state index < -0.39 is 35.5 Å². The Hall–Kier alpha value is -2.91. The molecule has 0 unspecified atom stereocenters. The molecule has 10 nitrogen and oxygen atoms in total. The average molecular weight is 268 g/mol. The van der Waals surface area contributed by atoms with Gasteiger partial charge in [0.2, 0.25) is 17.6 Å². The second kappa shape index (κ2) is 5.62. The fraction of sp³-hybridized carbons (Fsp3) is 0.222. The lowest BCUT2D eigenvalue weighted by Crippen LogP contribution is -2.40. The van der Waals surface area contributed by atoms with Gasteiger partial charge in [-0.1, -0.05) is 0 Å². The van der Waals surface area contributed by atoms with E-state index in [-0.39, 0.29) is 11.6 Å². The Morgan fingerprint density at radius 1 is 1.26 bits per heavy atom. The number of pyridine rings is 1. The number of carbonyl (C=O) groups excluding carboxylic acids is 2. The van der Waals surface area contributed by atoms with E-state index in [1.807, 2.05) is 0 Å². The number of hydrogen-bond donors (Lipinski definition) is 3. The van der Waals surface area contributed by atoms with Crippen LogP contribution in [0.5, 0.6) is 0 Å². The van der Waals surface area contributed by atoms with Crippen LogP contribution >= 0.6 is 0 Å². The van der Waals surface area contributed by atoms with Crippen molar-refractivity contribution in [3.63, 3.8) is 0 Å². The number of amides is 2. The van der Waals surface area contributed by atoms with Gasteiger partial charge in [-0.15, -0.1) is 0 Å². The molecule has 6 N–H and O–H groups in total. The monoisotopic (exact) mass is 268 g/mol. The van der Waals surface area contributed by atoms with Gasteiger partial charge in [-0.05, 0) is 6.07 Å². The Bertz CT molecular complexity index is 515. The van der Waals surface area contributed by atoms with Crippen molar-refractivity contribution in [3.05, 3.63) is 22.2 Å². The molecule has 0 bridgehead atoms. The summed E-state index contributed by atoms with van der Waals surface area (Å²) in [6.07, 6.45) is 0. The van der Waals surface area contributed by atoms with Crippen molar-refractivity contribution in [2.24, 2.45) is 11.5 Å². The minimum atomic E-state index is -0.792. The van der Waals surface area contributed by atoms with Gasteiger partial charge >= 0.3 is 5.69 Å². The van der Waals surface area contributed by atoms with E-state index in [2.05, 4.69) is 4.98 Å². The summed E-state index contributed by atoms with van der Waals surface area (Å²) in [7, 11) is 0. The minimum Gasteiger partial charge on any atom is -0.384 e. The van der Waals surface area contributed by atoms with Gasteiger partial charge in [-0.3, -0.25) is 19.7 Å². The van der Waals surface area contributed by atoms with Gasteiger partial charge in [0, 0.05) is 6.07 Å². The maximum atomic E-state index is 10.9. The van der Waals surface area contributed by atoms with Gasteiger partial charge in [0.15, 0.2) is 0 Å². The molecule has 0 fully saturated rings. The number of nitrogens with two attached hydrogens (primary N) is 3. The number of nitrogens with zero attached hydrogens (tertiary/aromatic N) is 3. The van der Waals surface area contributed by atoms with Gasteiger partial charge in [-0.25, -0.2) is 4.98 Å². The first-order valence-corrected chi connectivity index (χ1v) is 5.03. The highest BCUT2D eigenvalue weighted by Crippen LogP contribution is 2.26.